The van der Waals surface area contributed by atoms with E-state index in [1.165, 1.54) is 35.4 Å². The number of pyridine rings is 1. The SMILES string of the molecule is COc1cc(Br)c(F)cc1-n1c(=O)ccc2cc(SCc3ccccc3)ccc21. The lowest BCUT2D eigenvalue weighted by Crippen LogP contribution is -2.18. The normalized spacial score (nSPS) is 11.0. The molecule has 0 amide bonds. The van der Waals surface area contributed by atoms with Crippen molar-refractivity contribution in [2.45, 2.75) is 10.6 Å². The number of fused-ring (bicyclic) bond motifs is 1. The highest BCUT2D eigenvalue weighted by atomic mass is 79.9. The van der Waals surface area contributed by atoms with Gasteiger partial charge in [0.15, 0.2) is 0 Å². The van der Waals surface area contributed by atoms with Gasteiger partial charge in [-0.1, -0.05) is 30.3 Å². The van der Waals surface area contributed by atoms with Crippen molar-refractivity contribution in [2.75, 3.05) is 7.11 Å². The van der Waals surface area contributed by atoms with E-state index >= 15 is 0 Å². The minimum Gasteiger partial charge on any atom is -0.495 e. The van der Waals surface area contributed by atoms with Crippen molar-refractivity contribution in [3.05, 3.63) is 99.0 Å². The first-order valence-corrected chi connectivity index (χ1v) is 10.7. The summed E-state index contributed by atoms with van der Waals surface area (Å²) in [5.41, 5.74) is 2.06. The summed E-state index contributed by atoms with van der Waals surface area (Å²) in [6, 6.07) is 22.3. The largest absolute Gasteiger partial charge is 0.495 e. The van der Waals surface area contributed by atoms with Gasteiger partial charge < -0.3 is 4.74 Å². The first-order valence-electron chi connectivity index (χ1n) is 8.93. The Labute approximate surface area is 180 Å². The molecule has 0 radical (unpaired) electrons. The zero-order valence-electron chi connectivity index (χ0n) is 15.6. The van der Waals surface area contributed by atoms with Crippen LogP contribution in [0.3, 0.4) is 0 Å². The lowest BCUT2D eigenvalue weighted by Gasteiger charge is -2.15. The number of ether oxygens (including phenoxy) is 1. The van der Waals surface area contributed by atoms with Gasteiger partial charge >= 0.3 is 0 Å². The maximum atomic E-state index is 14.2. The number of methoxy groups -OCH3 is 1. The summed E-state index contributed by atoms with van der Waals surface area (Å²) >= 11 is 4.89. The third kappa shape index (κ3) is 4.09. The zero-order valence-corrected chi connectivity index (χ0v) is 18.0. The number of aromatic nitrogens is 1. The van der Waals surface area contributed by atoms with Gasteiger partial charge in [-0.2, -0.15) is 0 Å². The molecular weight excluding hydrogens is 453 g/mol. The van der Waals surface area contributed by atoms with E-state index in [-0.39, 0.29) is 10.0 Å². The quantitative estimate of drug-likeness (QED) is 0.326. The van der Waals surface area contributed by atoms with E-state index in [9.17, 15) is 9.18 Å². The van der Waals surface area contributed by atoms with Crippen LogP contribution in [0.15, 0.2) is 87.0 Å². The first-order chi connectivity index (χ1) is 14.1. The van der Waals surface area contributed by atoms with Crippen LogP contribution in [0.2, 0.25) is 0 Å². The van der Waals surface area contributed by atoms with E-state index in [0.29, 0.717) is 17.0 Å². The van der Waals surface area contributed by atoms with Crippen LogP contribution in [0.5, 0.6) is 5.75 Å². The van der Waals surface area contributed by atoms with E-state index < -0.39 is 5.82 Å². The molecule has 0 atom stereocenters. The van der Waals surface area contributed by atoms with Crippen molar-refractivity contribution in [3.63, 3.8) is 0 Å². The molecule has 0 saturated carbocycles. The summed E-state index contributed by atoms with van der Waals surface area (Å²) in [4.78, 5) is 13.8. The van der Waals surface area contributed by atoms with E-state index in [4.69, 9.17) is 4.74 Å². The predicted octanol–water partition coefficient (Wildman–Crippen LogP) is 6.19. The maximum absolute atomic E-state index is 14.2. The lowest BCUT2D eigenvalue weighted by atomic mass is 10.2. The fourth-order valence-corrected chi connectivity index (χ4v) is 4.38. The number of benzene rings is 3. The van der Waals surface area contributed by atoms with Gasteiger partial charge in [0.2, 0.25) is 0 Å². The third-order valence-electron chi connectivity index (χ3n) is 4.58. The molecule has 29 heavy (non-hydrogen) atoms. The number of nitrogens with zero attached hydrogens (tertiary/aromatic N) is 1. The Morgan fingerprint density at radius 2 is 1.83 bits per heavy atom. The highest BCUT2D eigenvalue weighted by Crippen LogP contribution is 2.32. The minimum atomic E-state index is -0.459. The van der Waals surface area contributed by atoms with E-state index in [2.05, 4.69) is 28.1 Å². The van der Waals surface area contributed by atoms with Crippen LogP contribution >= 0.6 is 27.7 Å². The fraction of sp³-hybridized carbons (Fsp3) is 0.0870. The van der Waals surface area contributed by atoms with Crippen molar-refractivity contribution in [1.29, 1.82) is 0 Å². The molecule has 0 aliphatic rings. The standard InChI is InChI=1S/C23H17BrFNO2S/c1-28-22-12-18(24)19(25)13-21(22)26-20-9-8-17(11-16(20)7-10-23(26)27)29-14-15-5-3-2-4-6-15/h2-13H,14H2,1H3. The summed E-state index contributed by atoms with van der Waals surface area (Å²) in [5.74, 6) is 0.813. The van der Waals surface area contributed by atoms with Crippen LogP contribution in [-0.4, -0.2) is 11.7 Å². The molecule has 1 aromatic heterocycles. The van der Waals surface area contributed by atoms with Gasteiger partial charge in [-0.05, 0) is 57.2 Å². The smallest absolute Gasteiger partial charge is 0.255 e. The van der Waals surface area contributed by atoms with Crippen LogP contribution in [0, 0.1) is 5.82 Å². The summed E-state index contributed by atoms with van der Waals surface area (Å²) in [6.45, 7) is 0. The van der Waals surface area contributed by atoms with Gasteiger partial charge in [0.05, 0.1) is 22.8 Å². The molecule has 4 rings (SSSR count). The van der Waals surface area contributed by atoms with Gasteiger partial charge in [-0.25, -0.2) is 4.39 Å². The van der Waals surface area contributed by atoms with Gasteiger partial charge in [-0.15, -0.1) is 11.8 Å². The average Bonchev–Trinajstić information content (AvgIpc) is 2.74. The van der Waals surface area contributed by atoms with Crippen molar-refractivity contribution in [2.24, 2.45) is 0 Å². The van der Waals surface area contributed by atoms with Crippen LogP contribution in [-0.2, 0) is 5.75 Å². The van der Waals surface area contributed by atoms with Gasteiger partial charge in [0, 0.05) is 22.8 Å². The molecule has 0 aliphatic carbocycles. The molecule has 3 nitrogen and oxygen atoms in total. The number of halogens is 2. The van der Waals surface area contributed by atoms with Gasteiger partial charge in [0.25, 0.3) is 5.56 Å². The Morgan fingerprint density at radius 1 is 1.03 bits per heavy atom. The molecule has 4 aromatic rings. The highest BCUT2D eigenvalue weighted by molar-refractivity contribution is 9.10. The topological polar surface area (TPSA) is 31.2 Å². The highest BCUT2D eigenvalue weighted by Gasteiger charge is 2.14. The second-order valence-electron chi connectivity index (χ2n) is 6.44. The Balaban J connectivity index is 1.77. The molecule has 1 heterocycles. The molecule has 146 valence electrons. The molecule has 0 unspecified atom stereocenters. The van der Waals surface area contributed by atoms with Crippen molar-refractivity contribution >= 4 is 38.6 Å². The first kappa shape index (κ1) is 19.7. The number of hydrogen-bond acceptors (Lipinski definition) is 3. The molecule has 0 N–H and O–H groups in total. The summed E-state index contributed by atoms with van der Waals surface area (Å²) in [7, 11) is 1.50. The van der Waals surface area contributed by atoms with Crippen molar-refractivity contribution in [3.8, 4) is 11.4 Å². The molecule has 0 saturated heterocycles. The molecule has 3 aromatic carbocycles. The predicted molar refractivity (Wildman–Crippen MR) is 120 cm³/mol. The molecule has 0 fully saturated rings. The molecule has 6 heteroatoms. The maximum Gasteiger partial charge on any atom is 0.255 e. The average molecular weight is 470 g/mol. The molecule has 0 bridgehead atoms. The zero-order chi connectivity index (χ0) is 20.4. The Kier molecular flexibility index (Phi) is 5.74. The van der Waals surface area contributed by atoms with E-state index in [1.54, 1.807) is 17.8 Å². The second-order valence-corrected chi connectivity index (χ2v) is 8.34. The monoisotopic (exact) mass is 469 g/mol. The summed E-state index contributed by atoms with van der Waals surface area (Å²) in [6.07, 6.45) is 0. The van der Waals surface area contributed by atoms with Gasteiger partial charge in [-0.3, -0.25) is 9.36 Å². The summed E-state index contributed by atoms with van der Waals surface area (Å²) < 4.78 is 21.4. The van der Waals surface area contributed by atoms with E-state index in [0.717, 1.165) is 16.0 Å². The fourth-order valence-electron chi connectivity index (χ4n) is 3.16. The molecule has 0 aliphatic heterocycles. The minimum absolute atomic E-state index is 0.248. The Bertz CT molecular complexity index is 1240. The summed E-state index contributed by atoms with van der Waals surface area (Å²) in [5, 5.41) is 0.896. The molecule has 0 spiro atoms. The molecular formula is C23H17BrFNO2S. The number of rotatable bonds is 5. The van der Waals surface area contributed by atoms with Crippen LogP contribution in [0.4, 0.5) is 4.39 Å². The Morgan fingerprint density at radius 3 is 2.59 bits per heavy atom. The Hall–Kier alpha value is -2.57. The van der Waals surface area contributed by atoms with Crippen LogP contribution < -0.4 is 10.3 Å². The van der Waals surface area contributed by atoms with E-state index in [1.807, 2.05) is 36.4 Å². The van der Waals surface area contributed by atoms with Crippen molar-refractivity contribution in [1.82, 2.24) is 4.57 Å². The number of thioether (sulfide) groups is 1. The lowest BCUT2D eigenvalue weighted by molar-refractivity contribution is 0.411. The van der Waals surface area contributed by atoms with Gasteiger partial charge in [0.1, 0.15) is 11.6 Å². The second kappa shape index (κ2) is 8.43. The van der Waals surface area contributed by atoms with Crippen molar-refractivity contribution < 1.29 is 9.13 Å². The third-order valence-corrected chi connectivity index (χ3v) is 6.25. The number of hydrogen-bond donors (Lipinski definition) is 0. The van der Waals surface area contributed by atoms with Crippen LogP contribution in [0.1, 0.15) is 5.56 Å². The van der Waals surface area contributed by atoms with Crippen LogP contribution in [0.25, 0.3) is 16.6 Å².